The van der Waals surface area contributed by atoms with Gasteiger partial charge in [-0.3, -0.25) is 0 Å². The lowest BCUT2D eigenvalue weighted by atomic mass is 10.0. The van der Waals surface area contributed by atoms with Crippen molar-refractivity contribution in [3.05, 3.63) is 33.8 Å². The molecule has 2 unspecified atom stereocenters. The number of halogens is 2. The topological polar surface area (TPSA) is 58.3 Å². The minimum Gasteiger partial charge on any atom is -0.387 e. The molecule has 5 heteroatoms. The van der Waals surface area contributed by atoms with Crippen LogP contribution in [0.15, 0.2) is 18.2 Å². The predicted octanol–water partition coefficient (Wildman–Crippen LogP) is 1.96. The summed E-state index contributed by atoms with van der Waals surface area (Å²) in [5.41, 5.74) is 6.48. The predicted molar refractivity (Wildman–Crippen MR) is 67.9 cm³/mol. The third-order valence-corrected chi connectivity index (χ3v) is 2.98. The van der Waals surface area contributed by atoms with E-state index >= 15 is 0 Å². The second kappa shape index (κ2) is 6.42. The molecule has 0 aliphatic rings. The lowest BCUT2D eigenvalue weighted by Crippen LogP contribution is -2.31. The summed E-state index contributed by atoms with van der Waals surface area (Å²) in [5.74, 6) is 0. The van der Waals surface area contributed by atoms with Gasteiger partial charge in [0.25, 0.3) is 0 Å². The summed E-state index contributed by atoms with van der Waals surface area (Å²) in [7, 11) is 1.84. The fraction of sp³-hybridized carbons (Fsp3) is 0.455. The molecule has 90 valence electrons. The zero-order chi connectivity index (χ0) is 12.1. The third-order valence-electron chi connectivity index (χ3n) is 2.41. The smallest absolute Gasteiger partial charge is 0.0955 e. The molecule has 2 atom stereocenters. The number of benzene rings is 1. The lowest BCUT2D eigenvalue weighted by molar-refractivity contribution is 0.142. The Morgan fingerprint density at radius 3 is 2.69 bits per heavy atom. The molecule has 16 heavy (non-hydrogen) atoms. The van der Waals surface area contributed by atoms with Crippen molar-refractivity contribution in [2.24, 2.45) is 5.73 Å². The van der Waals surface area contributed by atoms with E-state index in [2.05, 4.69) is 5.32 Å². The third kappa shape index (κ3) is 3.61. The number of nitrogens with one attached hydrogen (secondary N) is 1. The molecule has 0 aliphatic carbocycles. The van der Waals surface area contributed by atoms with Gasteiger partial charge in [-0.15, -0.1) is 0 Å². The van der Waals surface area contributed by atoms with Gasteiger partial charge < -0.3 is 16.2 Å². The molecule has 0 bridgehead atoms. The number of hydrogen-bond acceptors (Lipinski definition) is 3. The summed E-state index contributed by atoms with van der Waals surface area (Å²) >= 11 is 11.8. The second-order valence-corrected chi connectivity index (χ2v) is 4.51. The van der Waals surface area contributed by atoms with Gasteiger partial charge in [0.2, 0.25) is 0 Å². The van der Waals surface area contributed by atoms with Crippen molar-refractivity contribution in [1.29, 1.82) is 0 Å². The summed E-state index contributed by atoms with van der Waals surface area (Å²) < 4.78 is 0. The van der Waals surface area contributed by atoms with Crippen molar-refractivity contribution >= 4 is 23.2 Å². The van der Waals surface area contributed by atoms with Crippen LogP contribution in [0.3, 0.4) is 0 Å². The number of aliphatic hydroxyl groups is 1. The van der Waals surface area contributed by atoms with Crippen LogP contribution in [0.25, 0.3) is 0 Å². The average molecular weight is 263 g/mol. The van der Waals surface area contributed by atoms with Crippen LogP contribution >= 0.6 is 23.2 Å². The van der Waals surface area contributed by atoms with E-state index in [-0.39, 0.29) is 6.04 Å². The van der Waals surface area contributed by atoms with E-state index in [0.717, 1.165) is 6.54 Å². The molecule has 1 aromatic rings. The van der Waals surface area contributed by atoms with Crippen molar-refractivity contribution < 1.29 is 5.11 Å². The lowest BCUT2D eigenvalue weighted by Gasteiger charge is -2.20. The van der Waals surface area contributed by atoms with Gasteiger partial charge >= 0.3 is 0 Å². The van der Waals surface area contributed by atoms with Gasteiger partial charge in [0, 0.05) is 21.7 Å². The van der Waals surface area contributed by atoms with Crippen molar-refractivity contribution in [3.63, 3.8) is 0 Å². The van der Waals surface area contributed by atoms with Gasteiger partial charge in [-0.25, -0.2) is 0 Å². The Kier molecular flexibility index (Phi) is 5.52. The Hall–Kier alpha value is -0.320. The Labute approximate surface area is 106 Å². The van der Waals surface area contributed by atoms with Crippen LogP contribution in [0.1, 0.15) is 18.1 Å². The summed E-state index contributed by atoms with van der Waals surface area (Å²) in [6.07, 6.45) is -0.0884. The second-order valence-electron chi connectivity index (χ2n) is 3.67. The van der Waals surface area contributed by atoms with E-state index in [1.165, 1.54) is 0 Å². The largest absolute Gasteiger partial charge is 0.387 e. The normalized spacial score (nSPS) is 14.8. The molecule has 0 radical (unpaired) electrons. The van der Waals surface area contributed by atoms with Crippen molar-refractivity contribution in [2.45, 2.75) is 18.6 Å². The van der Waals surface area contributed by atoms with E-state index in [1.807, 2.05) is 7.05 Å². The van der Waals surface area contributed by atoms with Crippen LogP contribution in [-0.2, 0) is 0 Å². The van der Waals surface area contributed by atoms with Crippen molar-refractivity contribution in [2.75, 3.05) is 13.6 Å². The first-order chi connectivity index (χ1) is 7.56. The molecule has 0 aliphatic heterocycles. The van der Waals surface area contributed by atoms with Gasteiger partial charge in [0.1, 0.15) is 0 Å². The van der Waals surface area contributed by atoms with Crippen LogP contribution in [0.5, 0.6) is 0 Å². The molecular formula is C11H16Cl2N2O. The maximum atomic E-state index is 10.0. The van der Waals surface area contributed by atoms with E-state index in [9.17, 15) is 5.11 Å². The highest BCUT2D eigenvalue weighted by Gasteiger charge is 2.18. The standard InChI is InChI=1S/C11H16Cl2N2O/c1-15-5-4-10(14)11(16)8-3-2-7(12)6-9(8)13/h2-3,6,10-11,15-16H,4-5,14H2,1H3. The minimum atomic E-state index is -0.766. The van der Waals surface area contributed by atoms with Gasteiger partial charge in [0.15, 0.2) is 0 Å². The first-order valence-electron chi connectivity index (χ1n) is 5.09. The molecule has 0 aromatic heterocycles. The highest BCUT2D eigenvalue weighted by atomic mass is 35.5. The molecule has 0 saturated heterocycles. The van der Waals surface area contributed by atoms with Gasteiger partial charge in [0.05, 0.1) is 6.10 Å². The summed E-state index contributed by atoms with van der Waals surface area (Å²) in [6, 6.07) is 4.66. The van der Waals surface area contributed by atoms with E-state index in [1.54, 1.807) is 18.2 Å². The SMILES string of the molecule is CNCCC(N)C(O)c1ccc(Cl)cc1Cl. The molecule has 1 aromatic carbocycles. The Morgan fingerprint density at radius 2 is 2.12 bits per heavy atom. The number of aliphatic hydroxyl groups excluding tert-OH is 1. The zero-order valence-corrected chi connectivity index (χ0v) is 10.6. The summed E-state index contributed by atoms with van der Waals surface area (Å²) in [5, 5.41) is 14.0. The van der Waals surface area contributed by atoms with Gasteiger partial charge in [-0.05, 0) is 32.1 Å². The number of rotatable bonds is 5. The molecule has 0 spiro atoms. The monoisotopic (exact) mass is 262 g/mol. The van der Waals surface area contributed by atoms with Crippen LogP contribution in [0.2, 0.25) is 10.0 Å². The molecule has 1 rings (SSSR count). The van der Waals surface area contributed by atoms with E-state index in [0.29, 0.717) is 22.0 Å². The average Bonchev–Trinajstić information content (AvgIpc) is 2.25. The Morgan fingerprint density at radius 1 is 1.44 bits per heavy atom. The fourth-order valence-corrected chi connectivity index (χ4v) is 1.96. The van der Waals surface area contributed by atoms with Crippen molar-refractivity contribution in [3.8, 4) is 0 Å². The molecular weight excluding hydrogens is 247 g/mol. The fourth-order valence-electron chi connectivity index (χ4n) is 1.44. The molecule has 0 amide bonds. The first kappa shape index (κ1) is 13.7. The maximum Gasteiger partial charge on any atom is 0.0955 e. The zero-order valence-electron chi connectivity index (χ0n) is 9.08. The maximum absolute atomic E-state index is 10.0. The Bertz CT molecular complexity index is 347. The van der Waals surface area contributed by atoms with Gasteiger partial charge in [-0.1, -0.05) is 29.3 Å². The van der Waals surface area contributed by atoms with E-state index < -0.39 is 6.10 Å². The highest BCUT2D eigenvalue weighted by molar-refractivity contribution is 6.35. The highest BCUT2D eigenvalue weighted by Crippen LogP contribution is 2.28. The van der Waals surface area contributed by atoms with Crippen molar-refractivity contribution in [1.82, 2.24) is 5.32 Å². The molecule has 3 nitrogen and oxygen atoms in total. The molecule has 0 fully saturated rings. The molecule has 0 heterocycles. The van der Waals surface area contributed by atoms with Crippen LogP contribution < -0.4 is 11.1 Å². The van der Waals surface area contributed by atoms with Crippen LogP contribution in [0.4, 0.5) is 0 Å². The number of nitrogens with two attached hydrogens (primary N) is 1. The minimum absolute atomic E-state index is 0.342. The van der Waals surface area contributed by atoms with Crippen LogP contribution in [0, 0.1) is 0 Å². The number of hydrogen-bond donors (Lipinski definition) is 3. The quantitative estimate of drug-likeness (QED) is 0.761. The van der Waals surface area contributed by atoms with Crippen LogP contribution in [-0.4, -0.2) is 24.7 Å². The molecule has 0 saturated carbocycles. The molecule has 4 N–H and O–H groups in total. The van der Waals surface area contributed by atoms with Gasteiger partial charge in [-0.2, -0.15) is 0 Å². The van der Waals surface area contributed by atoms with E-state index in [4.69, 9.17) is 28.9 Å². The summed E-state index contributed by atoms with van der Waals surface area (Å²) in [6.45, 7) is 0.753. The Balaban J connectivity index is 2.75. The first-order valence-corrected chi connectivity index (χ1v) is 5.85. The summed E-state index contributed by atoms with van der Waals surface area (Å²) in [4.78, 5) is 0.